The smallest absolute Gasteiger partial charge is 0.237 e. The monoisotopic (exact) mass is 361 g/mol. The summed E-state index contributed by atoms with van der Waals surface area (Å²) in [6, 6.07) is 14.6. The summed E-state index contributed by atoms with van der Waals surface area (Å²) in [6.45, 7) is 3.91. The van der Waals surface area contributed by atoms with Crippen LogP contribution in [0.1, 0.15) is 24.2 Å². The lowest BCUT2D eigenvalue weighted by Crippen LogP contribution is -2.41. The molecule has 1 aromatic heterocycles. The first-order valence-corrected chi connectivity index (χ1v) is 9.75. The molecule has 3 heterocycles. The first-order valence-electron chi connectivity index (χ1n) is 9.75. The minimum Gasteiger partial charge on any atom is -0.360 e. The zero-order chi connectivity index (χ0) is 18.2. The van der Waals surface area contributed by atoms with E-state index in [1.807, 2.05) is 17.0 Å². The standard InChI is InChI=1S/C22H23N3O2/c26-21(15-24-11-3-4-12-24)25-13-10-20-19(14-25)22(23-27-20)18-9-5-7-16-6-1-2-8-17(16)18/h1-2,5-9H,3-4,10-15H2. The van der Waals surface area contributed by atoms with Crippen molar-refractivity contribution in [3.63, 3.8) is 0 Å². The summed E-state index contributed by atoms with van der Waals surface area (Å²) in [7, 11) is 0. The Labute approximate surface area is 158 Å². The molecule has 1 saturated heterocycles. The molecule has 2 aliphatic rings. The van der Waals surface area contributed by atoms with Crippen molar-refractivity contribution in [3.8, 4) is 11.3 Å². The second-order valence-electron chi connectivity index (χ2n) is 7.51. The first-order chi connectivity index (χ1) is 13.3. The van der Waals surface area contributed by atoms with E-state index < -0.39 is 0 Å². The second kappa shape index (κ2) is 6.82. The summed E-state index contributed by atoms with van der Waals surface area (Å²) in [5.41, 5.74) is 3.01. The van der Waals surface area contributed by atoms with Crippen LogP contribution in [0.2, 0.25) is 0 Å². The Bertz CT molecular complexity index is 983. The average molecular weight is 361 g/mol. The molecule has 5 heteroatoms. The number of carbonyl (C=O) groups is 1. The van der Waals surface area contributed by atoms with Crippen LogP contribution in [0.5, 0.6) is 0 Å². The summed E-state index contributed by atoms with van der Waals surface area (Å²) >= 11 is 0. The summed E-state index contributed by atoms with van der Waals surface area (Å²) in [5, 5.41) is 6.74. The van der Waals surface area contributed by atoms with Crippen LogP contribution in [0.4, 0.5) is 0 Å². The van der Waals surface area contributed by atoms with Gasteiger partial charge in [-0.2, -0.15) is 0 Å². The Kier molecular flexibility index (Phi) is 4.17. The van der Waals surface area contributed by atoms with Gasteiger partial charge in [0, 0.05) is 24.1 Å². The number of likely N-dealkylation sites (tertiary alicyclic amines) is 1. The number of hydrogen-bond donors (Lipinski definition) is 0. The van der Waals surface area contributed by atoms with Gasteiger partial charge in [-0.05, 0) is 36.7 Å². The molecule has 0 unspecified atom stereocenters. The molecule has 0 aliphatic carbocycles. The van der Waals surface area contributed by atoms with Crippen LogP contribution in [0, 0.1) is 0 Å². The van der Waals surface area contributed by atoms with Gasteiger partial charge in [-0.1, -0.05) is 47.6 Å². The van der Waals surface area contributed by atoms with Gasteiger partial charge in [-0.15, -0.1) is 0 Å². The SMILES string of the molecule is O=C(CN1CCCC1)N1CCc2onc(-c3cccc4ccccc34)c2C1. The Morgan fingerprint density at radius 2 is 1.85 bits per heavy atom. The summed E-state index contributed by atoms with van der Waals surface area (Å²) in [4.78, 5) is 17.0. The number of fused-ring (bicyclic) bond motifs is 2. The number of benzene rings is 2. The van der Waals surface area contributed by atoms with Gasteiger partial charge in [0.25, 0.3) is 0 Å². The van der Waals surface area contributed by atoms with E-state index in [4.69, 9.17) is 4.52 Å². The van der Waals surface area contributed by atoms with Crippen molar-refractivity contribution in [2.45, 2.75) is 25.8 Å². The van der Waals surface area contributed by atoms with Crippen molar-refractivity contribution in [1.29, 1.82) is 0 Å². The van der Waals surface area contributed by atoms with Gasteiger partial charge >= 0.3 is 0 Å². The second-order valence-corrected chi connectivity index (χ2v) is 7.51. The number of amides is 1. The van der Waals surface area contributed by atoms with E-state index in [2.05, 4.69) is 40.4 Å². The first kappa shape index (κ1) is 16.5. The zero-order valence-corrected chi connectivity index (χ0v) is 15.4. The van der Waals surface area contributed by atoms with E-state index >= 15 is 0 Å². The number of aromatic nitrogens is 1. The molecule has 0 spiro atoms. The minimum absolute atomic E-state index is 0.215. The van der Waals surface area contributed by atoms with Crippen molar-refractivity contribution in [2.24, 2.45) is 0 Å². The molecule has 2 aliphatic heterocycles. The third-order valence-electron chi connectivity index (χ3n) is 5.78. The van der Waals surface area contributed by atoms with E-state index in [9.17, 15) is 4.79 Å². The van der Waals surface area contributed by atoms with Crippen LogP contribution >= 0.6 is 0 Å². The molecule has 5 nitrogen and oxygen atoms in total. The Morgan fingerprint density at radius 1 is 1.04 bits per heavy atom. The van der Waals surface area contributed by atoms with Gasteiger partial charge < -0.3 is 9.42 Å². The quantitative estimate of drug-likeness (QED) is 0.717. The van der Waals surface area contributed by atoms with Crippen molar-refractivity contribution < 1.29 is 9.32 Å². The van der Waals surface area contributed by atoms with Crippen LogP contribution in [0.15, 0.2) is 47.0 Å². The highest BCUT2D eigenvalue weighted by Crippen LogP contribution is 2.34. The van der Waals surface area contributed by atoms with Gasteiger partial charge in [0.05, 0.1) is 13.1 Å². The van der Waals surface area contributed by atoms with Crippen molar-refractivity contribution in [1.82, 2.24) is 15.0 Å². The molecule has 0 radical (unpaired) electrons. The number of nitrogens with zero attached hydrogens (tertiary/aromatic N) is 3. The zero-order valence-electron chi connectivity index (χ0n) is 15.4. The highest BCUT2D eigenvalue weighted by Gasteiger charge is 2.29. The third kappa shape index (κ3) is 3.02. The van der Waals surface area contributed by atoms with Crippen molar-refractivity contribution in [2.75, 3.05) is 26.2 Å². The Hall–Kier alpha value is -2.66. The van der Waals surface area contributed by atoms with E-state index in [0.29, 0.717) is 19.6 Å². The Balaban J connectivity index is 1.45. The molecule has 1 fully saturated rings. The predicted molar refractivity (Wildman–Crippen MR) is 104 cm³/mol. The summed E-state index contributed by atoms with van der Waals surface area (Å²) in [5.74, 6) is 1.13. The fourth-order valence-electron chi connectivity index (χ4n) is 4.30. The molecule has 0 N–H and O–H groups in total. The highest BCUT2D eigenvalue weighted by molar-refractivity contribution is 5.96. The van der Waals surface area contributed by atoms with Crippen LogP contribution in [0.3, 0.4) is 0 Å². The van der Waals surface area contributed by atoms with Crippen molar-refractivity contribution in [3.05, 3.63) is 53.8 Å². The maximum absolute atomic E-state index is 12.8. The van der Waals surface area contributed by atoms with E-state index in [1.54, 1.807) is 0 Å². The molecule has 2 aromatic carbocycles. The molecule has 3 aromatic rings. The lowest BCUT2D eigenvalue weighted by Gasteiger charge is -2.28. The van der Waals surface area contributed by atoms with Crippen LogP contribution in [-0.2, 0) is 17.8 Å². The largest absolute Gasteiger partial charge is 0.360 e. The molecule has 27 heavy (non-hydrogen) atoms. The highest BCUT2D eigenvalue weighted by atomic mass is 16.5. The minimum atomic E-state index is 0.215. The number of rotatable bonds is 3. The topological polar surface area (TPSA) is 49.6 Å². The molecule has 5 rings (SSSR count). The van der Waals surface area contributed by atoms with Gasteiger partial charge in [0.2, 0.25) is 5.91 Å². The van der Waals surface area contributed by atoms with E-state index in [-0.39, 0.29) is 5.91 Å². The predicted octanol–water partition coefficient (Wildman–Crippen LogP) is 3.48. The van der Waals surface area contributed by atoms with Crippen molar-refractivity contribution >= 4 is 16.7 Å². The lowest BCUT2D eigenvalue weighted by molar-refractivity contribution is -0.133. The normalized spacial score (nSPS) is 17.4. The molecule has 0 bridgehead atoms. The number of hydrogen-bond acceptors (Lipinski definition) is 4. The maximum atomic E-state index is 12.8. The van der Waals surface area contributed by atoms with Gasteiger partial charge in [-0.25, -0.2) is 0 Å². The van der Waals surface area contributed by atoms with Gasteiger partial charge in [-0.3, -0.25) is 9.69 Å². The molecule has 138 valence electrons. The summed E-state index contributed by atoms with van der Waals surface area (Å²) in [6.07, 6.45) is 3.14. The van der Waals surface area contributed by atoms with Gasteiger partial charge in [0.15, 0.2) is 0 Å². The van der Waals surface area contributed by atoms with Gasteiger partial charge in [0.1, 0.15) is 11.5 Å². The molecule has 1 amide bonds. The van der Waals surface area contributed by atoms with Crippen LogP contribution in [-0.4, -0.2) is 47.0 Å². The summed E-state index contributed by atoms with van der Waals surface area (Å²) < 4.78 is 5.65. The van der Waals surface area contributed by atoms with E-state index in [1.165, 1.54) is 18.2 Å². The molecular weight excluding hydrogens is 338 g/mol. The lowest BCUT2D eigenvalue weighted by atomic mass is 9.97. The third-order valence-corrected chi connectivity index (χ3v) is 5.78. The maximum Gasteiger partial charge on any atom is 0.237 e. The van der Waals surface area contributed by atoms with E-state index in [0.717, 1.165) is 47.5 Å². The van der Waals surface area contributed by atoms with Crippen LogP contribution in [0.25, 0.3) is 22.0 Å². The number of carbonyl (C=O) groups excluding carboxylic acids is 1. The molecule has 0 saturated carbocycles. The fraction of sp³-hybridized carbons (Fsp3) is 0.364. The molecule has 0 atom stereocenters. The average Bonchev–Trinajstić information content (AvgIpc) is 3.36. The van der Waals surface area contributed by atoms with Crippen LogP contribution < -0.4 is 0 Å². The molecular formula is C22H23N3O2. The fourth-order valence-corrected chi connectivity index (χ4v) is 4.30. The Morgan fingerprint density at radius 3 is 2.74 bits per heavy atom.